The number of aromatic hydroxyl groups is 2. The Balaban J connectivity index is 2.57. The molecular weight excluding hydrogens is 206 g/mol. The van der Waals surface area contributed by atoms with Gasteiger partial charge in [-0.05, 0) is 18.6 Å². The van der Waals surface area contributed by atoms with Crippen LogP contribution in [0.2, 0.25) is 0 Å². The van der Waals surface area contributed by atoms with E-state index in [1.54, 1.807) is 0 Å². The lowest BCUT2D eigenvalue weighted by atomic mass is 10.1. The van der Waals surface area contributed by atoms with E-state index in [9.17, 15) is 9.90 Å². The summed E-state index contributed by atoms with van der Waals surface area (Å²) in [5.41, 5.74) is 0.138. The molecule has 0 spiro atoms. The number of carbonyl (C=O) groups excluding carboxylic acids is 1. The van der Waals surface area contributed by atoms with Gasteiger partial charge in [0.25, 0.3) is 5.91 Å². The molecule has 4 nitrogen and oxygen atoms in total. The van der Waals surface area contributed by atoms with Gasteiger partial charge in [0.1, 0.15) is 11.5 Å². The van der Waals surface area contributed by atoms with Crippen LogP contribution in [0.5, 0.6) is 11.5 Å². The van der Waals surface area contributed by atoms with Crippen LogP contribution >= 0.6 is 0 Å². The van der Waals surface area contributed by atoms with Crippen LogP contribution in [0.3, 0.4) is 0 Å². The van der Waals surface area contributed by atoms with Gasteiger partial charge in [0.2, 0.25) is 0 Å². The number of rotatable bonds is 4. The van der Waals surface area contributed by atoms with Gasteiger partial charge in [-0.1, -0.05) is 0 Å². The van der Waals surface area contributed by atoms with Gasteiger partial charge in [0.05, 0.1) is 5.56 Å². The molecule has 1 aromatic rings. The second-order valence-electron chi connectivity index (χ2n) is 3.27. The second-order valence-corrected chi connectivity index (χ2v) is 3.27. The molecule has 0 fully saturated rings. The normalized spacial score (nSPS) is 9.44. The third-order valence-electron chi connectivity index (χ3n) is 2.01. The molecule has 1 rings (SSSR count). The fraction of sp³-hybridized carbons (Fsp3) is 0.250. The van der Waals surface area contributed by atoms with Crippen LogP contribution in [0.25, 0.3) is 0 Å². The Morgan fingerprint density at radius 2 is 2.19 bits per heavy atom. The van der Waals surface area contributed by atoms with Crippen LogP contribution < -0.4 is 5.32 Å². The number of benzene rings is 1. The van der Waals surface area contributed by atoms with Gasteiger partial charge in [0, 0.05) is 19.0 Å². The van der Waals surface area contributed by atoms with Crippen LogP contribution in [0.15, 0.2) is 18.2 Å². The lowest BCUT2D eigenvalue weighted by Gasteiger charge is -2.06. The van der Waals surface area contributed by atoms with Crippen LogP contribution in [0, 0.1) is 12.3 Å². The lowest BCUT2D eigenvalue weighted by molar-refractivity contribution is 0.0950. The molecule has 1 amide bonds. The molecule has 0 atom stereocenters. The minimum Gasteiger partial charge on any atom is -0.508 e. The first-order valence-corrected chi connectivity index (χ1v) is 4.89. The summed E-state index contributed by atoms with van der Waals surface area (Å²) in [4.78, 5) is 11.5. The van der Waals surface area contributed by atoms with E-state index in [1.165, 1.54) is 12.1 Å². The standard InChI is InChI=1S/C12H13NO3/c1-2-3-4-7-13-12(16)10-6-5-9(14)8-11(10)15/h1,5-6,8,14-15H,3-4,7H2,(H,13,16). The Kier molecular flexibility index (Phi) is 4.22. The zero-order valence-electron chi connectivity index (χ0n) is 8.73. The molecule has 0 aliphatic heterocycles. The molecule has 3 N–H and O–H groups in total. The third-order valence-corrected chi connectivity index (χ3v) is 2.01. The van der Waals surface area contributed by atoms with Gasteiger partial charge in [-0.25, -0.2) is 0 Å². The number of nitrogens with one attached hydrogen (secondary N) is 1. The van der Waals surface area contributed by atoms with E-state index in [1.807, 2.05) is 0 Å². The molecule has 0 aliphatic rings. The molecular formula is C12H13NO3. The maximum absolute atomic E-state index is 11.5. The monoisotopic (exact) mass is 219 g/mol. The summed E-state index contributed by atoms with van der Waals surface area (Å²) in [5, 5.41) is 21.1. The van der Waals surface area contributed by atoms with Crippen molar-refractivity contribution in [3.63, 3.8) is 0 Å². The van der Waals surface area contributed by atoms with Gasteiger partial charge in [-0.3, -0.25) is 4.79 Å². The molecule has 0 saturated heterocycles. The van der Waals surface area contributed by atoms with Crippen LogP contribution in [0.1, 0.15) is 23.2 Å². The Bertz CT molecular complexity index is 421. The van der Waals surface area contributed by atoms with E-state index in [2.05, 4.69) is 11.2 Å². The molecule has 0 aliphatic carbocycles. The highest BCUT2D eigenvalue weighted by molar-refractivity contribution is 5.96. The van der Waals surface area contributed by atoms with E-state index in [-0.39, 0.29) is 23.0 Å². The van der Waals surface area contributed by atoms with Crippen molar-refractivity contribution >= 4 is 5.91 Å². The summed E-state index contributed by atoms with van der Waals surface area (Å²) in [6.45, 7) is 0.462. The number of unbranched alkanes of at least 4 members (excludes halogenated alkanes) is 1. The highest BCUT2D eigenvalue weighted by Crippen LogP contribution is 2.22. The van der Waals surface area contributed by atoms with Gasteiger partial charge in [-0.2, -0.15) is 0 Å². The number of phenolic OH excluding ortho intramolecular Hbond substituents is 2. The first-order chi connectivity index (χ1) is 7.65. The largest absolute Gasteiger partial charge is 0.508 e. The molecule has 1 aromatic carbocycles. The van der Waals surface area contributed by atoms with Crippen molar-refractivity contribution in [1.82, 2.24) is 5.32 Å². The molecule has 0 bridgehead atoms. The number of hydrogen-bond donors (Lipinski definition) is 3. The first kappa shape index (κ1) is 11.9. The summed E-state index contributed by atoms with van der Waals surface area (Å²) in [5.74, 6) is 1.76. The number of hydrogen-bond acceptors (Lipinski definition) is 3. The number of terminal acetylenes is 1. The molecule has 16 heavy (non-hydrogen) atoms. The van der Waals surface area contributed by atoms with Gasteiger partial charge >= 0.3 is 0 Å². The predicted molar refractivity (Wildman–Crippen MR) is 60.2 cm³/mol. The van der Waals surface area contributed by atoms with Crippen LogP contribution in [-0.4, -0.2) is 22.7 Å². The summed E-state index contributed by atoms with van der Waals surface area (Å²) < 4.78 is 0. The summed E-state index contributed by atoms with van der Waals surface area (Å²) in [6.07, 6.45) is 6.36. The van der Waals surface area contributed by atoms with Crippen molar-refractivity contribution in [3.8, 4) is 23.8 Å². The number of carbonyl (C=O) groups is 1. The topological polar surface area (TPSA) is 69.6 Å². The van der Waals surface area contributed by atoms with Crippen molar-refractivity contribution in [1.29, 1.82) is 0 Å². The number of amides is 1. The van der Waals surface area contributed by atoms with Crippen LogP contribution in [0.4, 0.5) is 0 Å². The summed E-state index contributed by atoms with van der Waals surface area (Å²) in [7, 11) is 0. The number of phenols is 2. The lowest BCUT2D eigenvalue weighted by Crippen LogP contribution is -2.24. The van der Waals surface area contributed by atoms with Crippen molar-refractivity contribution in [2.45, 2.75) is 12.8 Å². The van der Waals surface area contributed by atoms with Gasteiger partial charge in [0.15, 0.2) is 0 Å². The average Bonchev–Trinajstić information content (AvgIpc) is 2.24. The quantitative estimate of drug-likeness (QED) is 0.527. The first-order valence-electron chi connectivity index (χ1n) is 4.89. The molecule has 84 valence electrons. The minimum absolute atomic E-state index is 0.0821. The predicted octanol–water partition coefficient (Wildman–Crippen LogP) is 1.24. The minimum atomic E-state index is -0.380. The van der Waals surface area contributed by atoms with E-state index < -0.39 is 0 Å². The average molecular weight is 219 g/mol. The molecule has 0 radical (unpaired) electrons. The maximum Gasteiger partial charge on any atom is 0.255 e. The molecule has 0 unspecified atom stereocenters. The highest BCUT2D eigenvalue weighted by atomic mass is 16.3. The summed E-state index contributed by atoms with van der Waals surface area (Å²) in [6, 6.07) is 3.83. The van der Waals surface area contributed by atoms with E-state index >= 15 is 0 Å². The van der Waals surface area contributed by atoms with Gasteiger partial charge < -0.3 is 15.5 Å². The van der Waals surface area contributed by atoms with Gasteiger partial charge in [-0.15, -0.1) is 12.3 Å². The van der Waals surface area contributed by atoms with E-state index in [0.717, 1.165) is 6.07 Å². The Morgan fingerprint density at radius 3 is 2.81 bits per heavy atom. The van der Waals surface area contributed by atoms with E-state index in [0.29, 0.717) is 19.4 Å². The molecule has 4 heteroatoms. The zero-order chi connectivity index (χ0) is 12.0. The van der Waals surface area contributed by atoms with Crippen LogP contribution in [-0.2, 0) is 0 Å². The fourth-order valence-corrected chi connectivity index (χ4v) is 1.20. The molecule has 0 heterocycles. The maximum atomic E-state index is 11.5. The van der Waals surface area contributed by atoms with Crippen molar-refractivity contribution in [3.05, 3.63) is 23.8 Å². The Hall–Kier alpha value is -2.15. The fourth-order valence-electron chi connectivity index (χ4n) is 1.20. The van der Waals surface area contributed by atoms with Crippen molar-refractivity contribution in [2.24, 2.45) is 0 Å². The van der Waals surface area contributed by atoms with E-state index in [4.69, 9.17) is 11.5 Å². The Labute approximate surface area is 93.9 Å². The zero-order valence-corrected chi connectivity index (χ0v) is 8.73. The second kappa shape index (κ2) is 5.66. The third kappa shape index (κ3) is 3.21. The Morgan fingerprint density at radius 1 is 1.44 bits per heavy atom. The smallest absolute Gasteiger partial charge is 0.255 e. The van der Waals surface area contributed by atoms with Crippen molar-refractivity contribution in [2.75, 3.05) is 6.54 Å². The summed E-state index contributed by atoms with van der Waals surface area (Å²) >= 11 is 0. The molecule has 0 aromatic heterocycles. The van der Waals surface area contributed by atoms with Crippen molar-refractivity contribution < 1.29 is 15.0 Å². The molecule has 0 saturated carbocycles. The highest BCUT2D eigenvalue weighted by Gasteiger charge is 2.10. The SMILES string of the molecule is C#CCCCNC(=O)c1ccc(O)cc1O.